The summed E-state index contributed by atoms with van der Waals surface area (Å²) in [6.45, 7) is 0. The van der Waals surface area contributed by atoms with Crippen LogP contribution in [0.25, 0.3) is 6.08 Å². The van der Waals surface area contributed by atoms with Gasteiger partial charge in [0, 0.05) is 10.5 Å². The molecule has 0 saturated heterocycles. The number of hydrogen-bond acceptors (Lipinski definition) is 2. The minimum absolute atomic E-state index is 0.0862. The second-order valence-electron chi connectivity index (χ2n) is 3.98. The molecule has 1 nitrogen and oxygen atoms in total. The smallest absolute Gasteiger partial charge is 0.185 e. The molecule has 0 heterocycles. The van der Waals surface area contributed by atoms with Crippen molar-refractivity contribution in [2.45, 2.75) is 4.90 Å². The molecule has 2 aromatic carbocycles. The zero-order valence-corrected chi connectivity index (χ0v) is 11.3. The first-order valence-electron chi connectivity index (χ1n) is 5.81. The van der Waals surface area contributed by atoms with E-state index in [1.54, 1.807) is 42.1 Å². The number of halogens is 1. The lowest BCUT2D eigenvalue weighted by Crippen LogP contribution is -1.93. The average molecular weight is 272 g/mol. The van der Waals surface area contributed by atoms with Crippen molar-refractivity contribution in [2.24, 2.45) is 0 Å². The van der Waals surface area contributed by atoms with Crippen molar-refractivity contribution in [3.8, 4) is 0 Å². The van der Waals surface area contributed by atoms with Gasteiger partial charge in [-0.15, -0.1) is 11.8 Å². The maximum Gasteiger partial charge on any atom is 0.185 e. The van der Waals surface area contributed by atoms with Crippen LogP contribution in [0.15, 0.2) is 59.5 Å². The molecule has 2 aromatic rings. The number of thioether (sulfide) groups is 1. The molecular weight excluding hydrogens is 259 g/mol. The second kappa shape index (κ2) is 6.34. The van der Waals surface area contributed by atoms with Gasteiger partial charge >= 0.3 is 0 Å². The van der Waals surface area contributed by atoms with Crippen LogP contribution < -0.4 is 0 Å². The molecule has 0 fully saturated rings. The Bertz CT molecular complexity index is 602. The highest BCUT2D eigenvalue weighted by molar-refractivity contribution is 7.98. The Kier molecular flexibility index (Phi) is 4.53. The van der Waals surface area contributed by atoms with Crippen LogP contribution in [-0.4, -0.2) is 12.0 Å². The second-order valence-corrected chi connectivity index (χ2v) is 4.86. The van der Waals surface area contributed by atoms with Gasteiger partial charge in [0.05, 0.1) is 0 Å². The van der Waals surface area contributed by atoms with Gasteiger partial charge in [0.2, 0.25) is 0 Å². The van der Waals surface area contributed by atoms with Crippen LogP contribution in [0.1, 0.15) is 15.9 Å². The van der Waals surface area contributed by atoms with E-state index in [4.69, 9.17) is 0 Å². The lowest BCUT2D eigenvalue weighted by molar-refractivity contribution is 0.104. The van der Waals surface area contributed by atoms with Crippen molar-refractivity contribution in [3.05, 3.63) is 71.6 Å². The Morgan fingerprint density at radius 3 is 2.53 bits per heavy atom. The fourth-order valence-corrected chi connectivity index (χ4v) is 2.04. The summed E-state index contributed by atoms with van der Waals surface area (Å²) in [4.78, 5) is 13.0. The summed E-state index contributed by atoms with van der Waals surface area (Å²) >= 11 is 1.63. The van der Waals surface area contributed by atoms with Gasteiger partial charge in [0.1, 0.15) is 5.82 Å². The van der Waals surface area contributed by atoms with Crippen molar-refractivity contribution in [1.82, 2.24) is 0 Å². The Labute approximate surface area is 116 Å². The monoisotopic (exact) mass is 272 g/mol. The molecule has 19 heavy (non-hydrogen) atoms. The van der Waals surface area contributed by atoms with Crippen molar-refractivity contribution < 1.29 is 9.18 Å². The van der Waals surface area contributed by atoms with E-state index in [0.717, 1.165) is 4.90 Å². The minimum Gasteiger partial charge on any atom is -0.289 e. The van der Waals surface area contributed by atoms with Crippen LogP contribution >= 0.6 is 11.8 Å². The predicted octanol–water partition coefficient (Wildman–Crippen LogP) is 4.44. The van der Waals surface area contributed by atoms with Crippen molar-refractivity contribution in [2.75, 3.05) is 6.26 Å². The van der Waals surface area contributed by atoms with Gasteiger partial charge in [-0.2, -0.15) is 0 Å². The molecule has 3 heteroatoms. The summed E-state index contributed by atoms with van der Waals surface area (Å²) in [7, 11) is 0. The zero-order valence-electron chi connectivity index (χ0n) is 10.5. The van der Waals surface area contributed by atoms with E-state index < -0.39 is 0 Å². The van der Waals surface area contributed by atoms with Gasteiger partial charge in [-0.1, -0.05) is 18.2 Å². The van der Waals surface area contributed by atoms with E-state index in [9.17, 15) is 9.18 Å². The molecule has 0 aliphatic carbocycles. The Balaban J connectivity index is 2.11. The molecule has 0 aromatic heterocycles. The third-order valence-corrected chi connectivity index (χ3v) is 3.39. The van der Waals surface area contributed by atoms with Gasteiger partial charge in [-0.3, -0.25) is 4.79 Å². The number of carbonyl (C=O) groups excluding carboxylic acids is 1. The van der Waals surface area contributed by atoms with Crippen LogP contribution in [0.4, 0.5) is 4.39 Å². The number of benzene rings is 2. The molecule has 96 valence electrons. The molecule has 0 N–H and O–H groups in total. The summed E-state index contributed by atoms with van der Waals surface area (Å²) in [5.41, 5.74) is 1.31. The van der Waals surface area contributed by atoms with Crippen LogP contribution in [0.2, 0.25) is 0 Å². The van der Waals surface area contributed by atoms with Crippen LogP contribution in [-0.2, 0) is 0 Å². The summed E-state index contributed by atoms with van der Waals surface area (Å²) in [5.74, 6) is -0.393. The molecule has 0 bridgehead atoms. The van der Waals surface area contributed by atoms with E-state index in [2.05, 4.69) is 0 Å². The Morgan fingerprint density at radius 1 is 1.16 bits per heavy atom. The summed E-state index contributed by atoms with van der Waals surface area (Å²) in [6, 6.07) is 13.5. The van der Waals surface area contributed by atoms with E-state index in [1.807, 2.05) is 18.4 Å². The van der Waals surface area contributed by atoms with E-state index in [0.29, 0.717) is 11.1 Å². The minimum atomic E-state index is -0.307. The van der Waals surface area contributed by atoms with E-state index >= 15 is 0 Å². The lowest BCUT2D eigenvalue weighted by Gasteiger charge is -1.98. The number of rotatable bonds is 4. The molecule has 0 atom stereocenters. The zero-order chi connectivity index (χ0) is 13.7. The molecule has 2 rings (SSSR count). The fraction of sp³-hybridized carbons (Fsp3) is 0.0625. The SMILES string of the molecule is CSc1ccc(C(=O)C=Cc2cccc(F)c2)cc1. The van der Waals surface area contributed by atoms with Gasteiger partial charge in [0.15, 0.2) is 5.78 Å². The van der Waals surface area contributed by atoms with Gasteiger partial charge in [-0.25, -0.2) is 4.39 Å². The maximum atomic E-state index is 13.0. The summed E-state index contributed by atoms with van der Waals surface area (Å²) in [6.07, 6.45) is 5.07. The molecule has 0 spiro atoms. The van der Waals surface area contributed by atoms with Crippen LogP contribution in [0.5, 0.6) is 0 Å². The van der Waals surface area contributed by atoms with Gasteiger partial charge in [0.25, 0.3) is 0 Å². The Morgan fingerprint density at radius 2 is 1.89 bits per heavy atom. The molecule has 0 saturated carbocycles. The number of carbonyl (C=O) groups is 1. The Hall–Kier alpha value is -1.87. The number of allylic oxidation sites excluding steroid dienone is 1. The quantitative estimate of drug-likeness (QED) is 0.465. The predicted molar refractivity (Wildman–Crippen MR) is 78.0 cm³/mol. The van der Waals surface area contributed by atoms with E-state index in [-0.39, 0.29) is 11.6 Å². The maximum absolute atomic E-state index is 13.0. The first kappa shape index (κ1) is 13.6. The highest BCUT2D eigenvalue weighted by Crippen LogP contribution is 2.15. The molecule has 0 unspecified atom stereocenters. The summed E-state index contributed by atoms with van der Waals surface area (Å²) in [5, 5.41) is 0. The number of hydrogen-bond donors (Lipinski definition) is 0. The third kappa shape index (κ3) is 3.80. The van der Waals surface area contributed by atoms with Crippen LogP contribution in [0.3, 0.4) is 0 Å². The first-order chi connectivity index (χ1) is 9.19. The topological polar surface area (TPSA) is 17.1 Å². The molecular formula is C16H13FOS. The summed E-state index contributed by atoms with van der Waals surface area (Å²) < 4.78 is 13.0. The largest absolute Gasteiger partial charge is 0.289 e. The average Bonchev–Trinajstić information content (AvgIpc) is 2.45. The van der Waals surface area contributed by atoms with Crippen molar-refractivity contribution in [3.63, 3.8) is 0 Å². The normalized spacial score (nSPS) is 10.8. The van der Waals surface area contributed by atoms with Crippen LogP contribution in [0, 0.1) is 5.82 Å². The lowest BCUT2D eigenvalue weighted by atomic mass is 10.1. The molecule has 0 aliphatic heterocycles. The van der Waals surface area contributed by atoms with E-state index in [1.165, 1.54) is 18.2 Å². The standard InChI is InChI=1S/C16H13FOS/c1-19-15-8-6-13(7-9-15)16(18)10-5-12-3-2-4-14(17)11-12/h2-11H,1H3. The van der Waals surface area contributed by atoms with Crippen molar-refractivity contribution >= 4 is 23.6 Å². The molecule has 0 radical (unpaired) electrons. The highest BCUT2D eigenvalue weighted by Gasteiger charge is 2.01. The highest BCUT2D eigenvalue weighted by atomic mass is 32.2. The molecule has 0 aliphatic rings. The number of ketones is 1. The van der Waals surface area contributed by atoms with Gasteiger partial charge in [-0.05, 0) is 54.3 Å². The third-order valence-electron chi connectivity index (χ3n) is 2.65. The first-order valence-corrected chi connectivity index (χ1v) is 7.03. The van der Waals surface area contributed by atoms with Gasteiger partial charge < -0.3 is 0 Å². The fourth-order valence-electron chi connectivity index (χ4n) is 1.63. The van der Waals surface area contributed by atoms with Crippen molar-refractivity contribution in [1.29, 1.82) is 0 Å². The molecule has 0 amide bonds.